The number of hydrogen-bond acceptors (Lipinski definition) is 3. The van der Waals surface area contributed by atoms with Crippen LogP contribution in [-0.4, -0.2) is 49.1 Å². The second-order valence-corrected chi connectivity index (χ2v) is 7.83. The highest BCUT2D eigenvalue weighted by molar-refractivity contribution is 5.87. The van der Waals surface area contributed by atoms with E-state index in [0.29, 0.717) is 0 Å². The molecule has 6 nitrogen and oxygen atoms in total. The van der Waals surface area contributed by atoms with Gasteiger partial charge in [0.1, 0.15) is 6.04 Å². The first-order chi connectivity index (χ1) is 11.7. The lowest BCUT2D eigenvalue weighted by Crippen LogP contribution is -2.59. The van der Waals surface area contributed by atoms with Gasteiger partial charge in [0.15, 0.2) is 0 Å². The van der Waals surface area contributed by atoms with Crippen LogP contribution in [0.25, 0.3) is 0 Å². The highest BCUT2D eigenvalue weighted by Crippen LogP contribution is 2.25. The van der Waals surface area contributed by atoms with Crippen molar-refractivity contribution >= 4 is 17.6 Å². The molecule has 0 spiro atoms. The third-order valence-corrected chi connectivity index (χ3v) is 4.81. The molecule has 1 aromatic carbocycles. The van der Waals surface area contributed by atoms with Gasteiger partial charge in [0, 0.05) is 31.9 Å². The average Bonchev–Trinajstić information content (AvgIpc) is 2.58. The van der Waals surface area contributed by atoms with Crippen molar-refractivity contribution < 1.29 is 9.59 Å². The Kier molecular flexibility index (Phi) is 5.93. The van der Waals surface area contributed by atoms with Gasteiger partial charge in [-0.1, -0.05) is 39.0 Å². The quantitative estimate of drug-likeness (QED) is 0.877. The van der Waals surface area contributed by atoms with Gasteiger partial charge >= 0.3 is 6.03 Å². The molecule has 1 saturated heterocycles. The maximum atomic E-state index is 13.0. The van der Waals surface area contributed by atoms with Crippen molar-refractivity contribution in [3.05, 3.63) is 30.3 Å². The topological polar surface area (TPSA) is 78.7 Å². The predicted octanol–water partition coefficient (Wildman–Crippen LogP) is 2.20. The van der Waals surface area contributed by atoms with Crippen molar-refractivity contribution in [1.82, 2.24) is 10.2 Å². The van der Waals surface area contributed by atoms with E-state index >= 15 is 0 Å². The summed E-state index contributed by atoms with van der Waals surface area (Å²) in [4.78, 5) is 28.4. The number of nitrogens with two attached hydrogens (primary N) is 1. The number of primary amides is 1. The third-order valence-electron chi connectivity index (χ3n) is 4.81. The lowest BCUT2D eigenvalue weighted by Gasteiger charge is -2.41. The van der Waals surface area contributed by atoms with E-state index in [1.807, 2.05) is 46.0 Å². The van der Waals surface area contributed by atoms with Crippen molar-refractivity contribution in [1.29, 1.82) is 0 Å². The number of benzene rings is 1. The molecular formula is C19H30N4O2. The number of urea groups is 1. The molecule has 3 N–H and O–H groups in total. The highest BCUT2D eigenvalue weighted by Gasteiger charge is 2.37. The van der Waals surface area contributed by atoms with Gasteiger partial charge in [0.25, 0.3) is 0 Å². The van der Waals surface area contributed by atoms with E-state index in [0.717, 1.165) is 25.9 Å². The number of rotatable bonds is 4. The first kappa shape index (κ1) is 19.1. The van der Waals surface area contributed by atoms with Gasteiger partial charge in [-0.05, 0) is 30.4 Å². The zero-order valence-electron chi connectivity index (χ0n) is 15.7. The monoisotopic (exact) mass is 346 g/mol. The minimum absolute atomic E-state index is 0.0915. The van der Waals surface area contributed by atoms with Crippen molar-refractivity contribution in [3.8, 4) is 0 Å². The van der Waals surface area contributed by atoms with Crippen LogP contribution >= 0.6 is 0 Å². The molecule has 25 heavy (non-hydrogen) atoms. The van der Waals surface area contributed by atoms with E-state index in [2.05, 4.69) is 22.3 Å². The van der Waals surface area contributed by atoms with E-state index in [1.54, 1.807) is 4.90 Å². The predicted molar refractivity (Wildman–Crippen MR) is 100 cm³/mol. The summed E-state index contributed by atoms with van der Waals surface area (Å²) in [7, 11) is 1.82. The summed E-state index contributed by atoms with van der Waals surface area (Å²) in [5.74, 6) is -0.0915. The zero-order chi connectivity index (χ0) is 18.6. The minimum Gasteiger partial charge on any atom is -0.369 e. The summed E-state index contributed by atoms with van der Waals surface area (Å²) in [6.45, 7) is 7.56. The Bertz CT molecular complexity index is 597. The molecular weight excluding hydrogens is 316 g/mol. The van der Waals surface area contributed by atoms with Gasteiger partial charge in [-0.25, -0.2) is 4.79 Å². The molecule has 3 amide bonds. The maximum Gasteiger partial charge on any atom is 0.312 e. The fourth-order valence-electron chi connectivity index (χ4n) is 3.32. The van der Waals surface area contributed by atoms with Crippen LogP contribution in [0.15, 0.2) is 30.3 Å². The lowest BCUT2D eigenvalue weighted by atomic mass is 9.85. The van der Waals surface area contributed by atoms with Gasteiger partial charge in [0.2, 0.25) is 5.91 Å². The Morgan fingerprint density at radius 2 is 1.92 bits per heavy atom. The van der Waals surface area contributed by atoms with Crippen molar-refractivity contribution in [2.24, 2.45) is 11.1 Å². The molecule has 0 aromatic heterocycles. The number of carbonyl (C=O) groups excluding carboxylic acids is 2. The van der Waals surface area contributed by atoms with Gasteiger partial charge in [-0.15, -0.1) is 0 Å². The number of anilines is 1. The molecule has 6 heteroatoms. The fourth-order valence-corrected chi connectivity index (χ4v) is 3.32. The number of piperidine rings is 1. The van der Waals surface area contributed by atoms with Crippen molar-refractivity contribution in [2.45, 2.75) is 45.7 Å². The fraction of sp³-hybridized carbons (Fsp3) is 0.579. The smallest absolute Gasteiger partial charge is 0.312 e. The number of amides is 3. The number of hydrogen-bond donors (Lipinski definition) is 2. The summed E-state index contributed by atoms with van der Waals surface area (Å²) in [6, 6.07) is 9.05. The molecule has 1 aliphatic heterocycles. The lowest BCUT2D eigenvalue weighted by molar-refractivity contribution is -0.136. The normalized spacial score (nSPS) is 19.2. The molecule has 0 unspecified atom stereocenters. The zero-order valence-corrected chi connectivity index (χ0v) is 15.7. The third kappa shape index (κ3) is 4.87. The summed E-state index contributed by atoms with van der Waals surface area (Å²) in [5, 5.41) is 2.62. The van der Waals surface area contributed by atoms with E-state index in [9.17, 15) is 9.59 Å². The molecule has 2 rings (SSSR count). The van der Waals surface area contributed by atoms with E-state index in [4.69, 9.17) is 5.73 Å². The van der Waals surface area contributed by atoms with E-state index < -0.39 is 17.5 Å². The number of para-hydroxylation sites is 1. The molecule has 1 fully saturated rings. The number of carbonyl (C=O) groups is 2. The van der Waals surface area contributed by atoms with E-state index in [1.165, 1.54) is 5.69 Å². The minimum atomic E-state index is -0.670. The molecule has 0 saturated carbocycles. The second kappa shape index (κ2) is 7.76. The summed E-state index contributed by atoms with van der Waals surface area (Å²) in [5.41, 5.74) is 6.04. The van der Waals surface area contributed by atoms with Gasteiger partial charge in [-0.3, -0.25) is 4.79 Å². The van der Waals surface area contributed by atoms with Crippen LogP contribution in [-0.2, 0) is 4.79 Å². The van der Waals surface area contributed by atoms with Crippen LogP contribution in [0.1, 0.15) is 33.6 Å². The Hall–Kier alpha value is -2.24. The highest BCUT2D eigenvalue weighted by atomic mass is 16.2. The van der Waals surface area contributed by atoms with Crippen molar-refractivity contribution in [2.75, 3.05) is 25.0 Å². The second-order valence-electron chi connectivity index (χ2n) is 7.83. The van der Waals surface area contributed by atoms with Crippen LogP contribution < -0.4 is 16.0 Å². The van der Waals surface area contributed by atoms with Gasteiger partial charge in [-0.2, -0.15) is 0 Å². The van der Waals surface area contributed by atoms with Gasteiger partial charge in [0.05, 0.1) is 0 Å². The SMILES string of the molecule is CN(C(=O)[C@@H](NC(N)=O)C(C)(C)C)[C@@H]1CCCN(c2ccccc2)C1. The molecule has 0 radical (unpaired) electrons. The molecule has 0 bridgehead atoms. The van der Waals surface area contributed by atoms with Crippen molar-refractivity contribution in [3.63, 3.8) is 0 Å². The first-order valence-corrected chi connectivity index (χ1v) is 8.83. The van der Waals surface area contributed by atoms with Crippen LogP contribution in [0.5, 0.6) is 0 Å². The largest absolute Gasteiger partial charge is 0.369 e. The molecule has 1 aromatic rings. The summed E-state index contributed by atoms with van der Waals surface area (Å²) >= 11 is 0. The Balaban J connectivity index is 2.10. The Morgan fingerprint density at radius 3 is 2.48 bits per heavy atom. The number of nitrogens with one attached hydrogen (secondary N) is 1. The van der Waals surface area contributed by atoms with Crippen LogP contribution in [0, 0.1) is 5.41 Å². The van der Waals surface area contributed by atoms with Gasteiger partial charge < -0.3 is 20.9 Å². The maximum absolute atomic E-state index is 13.0. The van der Waals surface area contributed by atoms with Crippen LogP contribution in [0.2, 0.25) is 0 Å². The molecule has 1 heterocycles. The number of likely N-dealkylation sites (N-methyl/N-ethyl adjacent to an activating group) is 1. The van der Waals surface area contributed by atoms with Crippen LogP contribution in [0.3, 0.4) is 0 Å². The average molecular weight is 346 g/mol. The molecule has 0 aliphatic carbocycles. The molecule has 138 valence electrons. The Morgan fingerprint density at radius 1 is 1.28 bits per heavy atom. The van der Waals surface area contributed by atoms with Crippen LogP contribution in [0.4, 0.5) is 10.5 Å². The molecule has 2 atom stereocenters. The summed E-state index contributed by atoms with van der Waals surface area (Å²) in [6.07, 6.45) is 1.99. The summed E-state index contributed by atoms with van der Waals surface area (Å²) < 4.78 is 0. The first-order valence-electron chi connectivity index (χ1n) is 8.83. The standard InChI is InChI=1S/C19H30N4O2/c1-19(2,3)16(21-18(20)25)17(24)22(4)15-11-8-12-23(13-15)14-9-6-5-7-10-14/h5-7,9-10,15-16H,8,11-13H2,1-4H3,(H3,20,21,25)/t15-,16-/m1/s1. The molecule has 1 aliphatic rings. The van der Waals surface area contributed by atoms with E-state index in [-0.39, 0.29) is 11.9 Å². The Labute approximate surface area is 150 Å². The number of nitrogens with zero attached hydrogens (tertiary/aromatic N) is 2.